The van der Waals surface area contributed by atoms with E-state index in [0.29, 0.717) is 11.0 Å². The Morgan fingerprint density at radius 1 is 0.970 bits per heavy atom. The molecule has 0 spiro atoms. The summed E-state index contributed by atoms with van der Waals surface area (Å²) < 4.78 is 57.6. The summed E-state index contributed by atoms with van der Waals surface area (Å²) in [5.41, 5.74) is 0.0559. The van der Waals surface area contributed by atoms with Gasteiger partial charge in [-0.05, 0) is 48.5 Å². The zero-order chi connectivity index (χ0) is 23.6. The second-order valence-electron chi connectivity index (χ2n) is 6.75. The minimum Gasteiger partial charge on any atom is -0.436 e. The van der Waals surface area contributed by atoms with E-state index in [9.17, 15) is 22.0 Å². The molecule has 0 saturated carbocycles. The Bertz CT molecular complexity index is 1560. The number of hydrogen-bond acceptors (Lipinski definition) is 5. The van der Waals surface area contributed by atoms with Gasteiger partial charge in [0, 0.05) is 11.1 Å². The number of sulfonamides is 1. The number of para-hydroxylation sites is 1. The van der Waals surface area contributed by atoms with E-state index >= 15 is 0 Å². The molecule has 0 bridgehead atoms. The maximum absolute atomic E-state index is 13.5. The Labute approximate surface area is 191 Å². The molecule has 4 rings (SSSR count). The molecule has 168 valence electrons. The molecule has 0 aliphatic heterocycles. The lowest BCUT2D eigenvalue weighted by atomic mass is 10.1. The second-order valence-corrected chi connectivity index (χ2v) is 8.82. The first-order valence-electron chi connectivity index (χ1n) is 9.33. The van der Waals surface area contributed by atoms with Crippen LogP contribution in [0.15, 0.2) is 87.2 Å². The molecule has 0 aliphatic rings. The number of fused-ring (bicyclic) bond motifs is 1. The maximum Gasteiger partial charge on any atom is 0.276 e. The van der Waals surface area contributed by atoms with Crippen LogP contribution in [0.25, 0.3) is 11.0 Å². The van der Waals surface area contributed by atoms with Crippen molar-refractivity contribution in [3.63, 3.8) is 0 Å². The lowest BCUT2D eigenvalue weighted by Crippen LogP contribution is -2.27. The summed E-state index contributed by atoms with van der Waals surface area (Å²) in [4.78, 5) is 14.5. The highest BCUT2D eigenvalue weighted by Crippen LogP contribution is 2.19. The second kappa shape index (κ2) is 9.00. The monoisotopic (exact) mass is 489 g/mol. The molecule has 0 atom stereocenters. The summed E-state index contributed by atoms with van der Waals surface area (Å²) in [7, 11) is -4.27. The van der Waals surface area contributed by atoms with Gasteiger partial charge in [-0.3, -0.25) is 4.79 Å². The Balaban J connectivity index is 1.76. The fourth-order valence-corrected chi connectivity index (χ4v) is 3.95. The van der Waals surface area contributed by atoms with Crippen LogP contribution in [0, 0.1) is 11.6 Å². The normalized spacial score (nSPS) is 12.0. The maximum atomic E-state index is 13.5. The summed E-state index contributed by atoms with van der Waals surface area (Å²) in [6, 6.07) is 16.2. The summed E-state index contributed by atoms with van der Waals surface area (Å²) in [6.07, 6.45) is 0. The van der Waals surface area contributed by atoms with Crippen molar-refractivity contribution in [3.05, 3.63) is 101 Å². The van der Waals surface area contributed by atoms with Gasteiger partial charge in [0.05, 0.1) is 9.92 Å². The molecule has 0 aliphatic carbocycles. The third-order valence-electron chi connectivity index (χ3n) is 4.45. The predicted octanol–water partition coefficient (Wildman–Crippen LogP) is 4.41. The number of carbonyl (C=O) groups is 1. The van der Waals surface area contributed by atoms with Gasteiger partial charge in [0.2, 0.25) is 5.55 Å². The molecule has 7 nitrogen and oxygen atoms in total. The van der Waals surface area contributed by atoms with E-state index in [1.165, 1.54) is 24.3 Å². The van der Waals surface area contributed by atoms with Gasteiger partial charge in [0.25, 0.3) is 15.9 Å². The minimum atomic E-state index is -4.27. The van der Waals surface area contributed by atoms with Crippen LogP contribution in [0.1, 0.15) is 10.4 Å². The largest absolute Gasteiger partial charge is 0.436 e. The summed E-state index contributed by atoms with van der Waals surface area (Å²) in [6.45, 7) is 0. The van der Waals surface area contributed by atoms with Gasteiger partial charge in [0.1, 0.15) is 22.8 Å². The molecule has 0 saturated heterocycles. The highest BCUT2D eigenvalue weighted by molar-refractivity contribution is 7.89. The zero-order valence-electron chi connectivity index (χ0n) is 16.6. The first kappa shape index (κ1) is 22.4. The molecule has 3 aromatic carbocycles. The van der Waals surface area contributed by atoms with Crippen LogP contribution in [0.5, 0.6) is 0 Å². The molecular formula is C22H14ClF2N3O4S. The van der Waals surface area contributed by atoms with Crippen molar-refractivity contribution in [2.75, 3.05) is 5.32 Å². The standard InChI is InChI=1S/C22H14ClF2N3O4S/c23-18-12-16(8-9-19(18)25)33(30,31)28-27-22-17(10-13-4-1-2-7-20(13)32-22)21(29)26-15-6-3-5-14(24)11-15/h1-12,28H,(H,26,29)/b27-22+. The number of carbonyl (C=O) groups excluding carboxylic acids is 1. The topological polar surface area (TPSA) is 101 Å². The highest BCUT2D eigenvalue weighted by atomic mass is 35.5. The van der Waals surface area contributed by atoms with Gasteiger partial charge in [-0.2, -0.15) is 13.2 Å². The van der Waals surface area contributed by atoms with Crippen molar-refractivity contribution in [2.24, 2.45) is 5.10 Å². The fourth-order valence-electron chi connectivity index (χ4n) is 2.88. The SMILES string of the molecule is O=C(Nc1cccc(F)c1)c1cc2ccccc2o/c1=N/NS(=O)(=O)c1ccc(F)c(Cl)c1. The van der Waals surface area contributed by atoms with Gasteiger partial charge in [-0.15, -0.1) is 5.10 Å². The number of benzene rings is 3. The number of halogens is 3. The average molecular weight is 490 g/mol. The number of hydrogen-bond donors (Lipinski definition) is 2. The van der Waals surface area contributed by atoms with Crippen molar-refractivity contribution in [1.29, 1.82) is 0 Å². The Morgan fingerprint density at radius 2 is 1.76 bits per heavy atom. The van der Waals surface area contributed by atoms with E-state index in [2.05, 4.69) is 10.4 Å². The molecule has 1 heterocycles. The number of amides is 1. The molecule has 11 heteroatoms. The smallest absolute Gasteiger partial charge is 0.276 e. The van der Waals surface area contributed by atoms with Crippen molar-refractivity contribution in [1.82, 2.24) is 4.83 Å². The summed E-state index contributed by atoms with van der Waals surface area (Å²) in [5, 5.41) is 6.44. The average Bonchev–Trinajstić information content (AvgIpc) is 2.79. The molecule has 2 N–H and O–H groups in total. The molecule has 0 unspecified atom stereocenters. The van der Waals surface area contributed by atoms with Crippen LogP contribution >= 0.6 is 11.6 Å². The van der Waals surface area contributed by atoms with Crippen LogP contribution in [0.2, 0.25) is 5.02 Å². The Morgan fingerprint density at radius 3 is 2.52 bits per heavy atom. The third-order valence-corrected chi connectivity index (χ3v) is 5.95. The van der Waals surface area contributed by atoms with Crippen LogP contribution in [-0.4, -0.2) is 14.3 Å². The summed E-state index contributed by atoms with van der Waals surface area (Å²) >= 11 is 5.66. The van der Waals surface area contributed by atoms with E-state index in [-0.39, 0.29) is 26.7 Å². The van der Waals surface area contributed by atoms with Gasteiger partial charge in [-0.1, -0.05) is 35.9 Å². The van der Waals surface area contributed by atoms with Crippen LogP contribution in [0.3, 0.4) is 0 Å². The van der Waals surface area contributed by atoms with Gasteiger partial charge < -0.3 is 9.73 Å². The first-order chi connectivity index (χ1) is 15.7. The van der Waals surface area contributed by atoms with Crippen molar-refractivity contribution in [2.45, 2.75) is 4.90 Å². The van der Waals surface area contributed by atoms with Gasteiger partial charge >= 0.3 is 0 Å². The fraction of sp³-hybridized carbons (Fsp3) is 0. The first-order valence-corrected chi connectivity index (χ1v) is 11.2. The molecular weight excluding hydrogens is 476 g/mol. The Kier molecular flexibility index (Phi) is 6.12. The van der Waals surface area contributed by atoms with E-state index in [1.54, 1.807) is 24.3 Å². The van der Waals surface area contributed by atoms with E-state index < -0.39 is 27.6 Å². The number of nitrogens with zero attached hydrogens (tertiary/aromatic N) is 1. The highest BCUT2D eigenvalue weighted by Gasteiger charge is 2.17. The zero-order valence-corrected chi connectivity index (χ0v) is 18.1. The van der Waals surface area contributed by atoms with Crippen molar-refractivity contribution in [3.8, 4) is 0 Å². The van der Waals surface area contributed by atoms with Gasteiger partial charge in [0.15, 0.2) is 0 Å². The van der Waals surface area contributed by atoms with Gasteiger partial charge in [-0.25, -0.2) is 8.78 Å². The lowest BCUT2D eigenvalue weighted by Gasteiger charge is -2.08. The minimum absolute atomic E-state index is 0.113. The molecule has 1 aromatic heterocycles. The number of nitrogens with one attached hydrogen (secondary N) is 2. The van der Waals surface area contributed by atoms with Crippen LogP contribution in [0.4, 0.5) is 14.5 Å². The molecule has 1 amide bonds. The van der Waals surface area contributed by atoms with E-state index in [1.807, 2.05) is 4.83 Å². The van der Waals surface area contributed by atoms with Crippen LogP contribution in [-0.2, 0) is 10.0 Å². The van der Waals surface area contributed by atoms with E-state index in [0.717, 1.165) is 24.3 Å². The lowest BCUT2D eigenvalue weighted by molar-refractivity contribution is 0.102. The van der Waals surface area contributed by atoms with Crippen molar-refractivity contribution < 1.29 is 26.4 Å². The predicted molar refractivity (Wildman–Crippen MR) is 118 cm³/mol. The number of anilines is 1. The molecule has 33 heavy (non-hydrogen) atoms. The van der Waals surface area contributed by atoms with Crippen LogP contribution < -0.4 is 15.7 Å². The molecule has 0 fully saturated rings. The third kappa shape index (κ3) is 5.02. The van der Waals surface area contributed by atoms with Crippen molar-refractivity contribution >= 4 is 44.2 Å². The Hall–Kier alpha value is -3.76. The number of rotatable bonds is 5. The summed E-state index contributed by atoms with van der Waals surface area (Å²) in [5.74, 6) is -2.04. The molecule has 0 radical (unpaired) electrons. The van der Waals surface area contributed by atoms with E-state index in [4.69, 9.17) is 16.0 Å². The molecule has 4 aromatic rings. The quantitative estimate of drug-likeness (QED) is 0.405.